The van der Waals surface area contributed by atoms with Gasteiger partial charge in [0, 0.05) is 36.1 Å². The van der Waals surface area contributed by atoms with E-state index in [1.807, 2.05) is 59.3 Å². The number of allylic oxidation sites excluding steroid dienone is 1. The second-order valence-corrected chi connectivity index (χ2v) is 15.1. The molecule has 6 rings (SSSR count). The minimum atomic E-state index is -1.48. The molecule has 1 aliphatic carbocycles. The van der Waals surface area contributed by atoms with Gasteiger partial charge in [-0.25, -0.2) is 14.3 Å². The smallest absolute Gasteiger partial charge is 0.408 e. The number of nitrogens with zero attached hydrogens (tertiary/aromatic N) is 3. The molecule has 0 bridgehead atoms. The van der Waals surface area contributed by atoms with Crippen molar-refractivity contribution in [1.82, 2.24) is 25.3 Å². The van der Waals surface area contributed by atoms with Crippen LogP contribution < -0.4 is 16.2 Å². The van der Waals surface area contributed by atoms with Crippen LogP contribution >= 0.6 is 11.3 Å². The van der Waals surface area contributed by atoms with E-state index in [4.69, 9.17) is 9.84 Å². The molecule has 3 aliphatic rings. The van der Waals surface area contributed by atoms with Crippen molar-refractivity contribution in [3.8, 4) is 22.4 Å². The highest BCUT2D eigenvalue weighted by molar-refractivity contribution is 7.08. The van der Waals surface area contributed by atoms with Crippen LogP contribution in [0.3, 0.4) is 0 Å². The van der Waals surface area contributed by atoms with Crippen molar-refractivity contribution in [3.05, 3.63) is 75.7 Å². The Bertz CT molecular complexity index is 1830. The number of benzene rings is 1. The number of carbonyl (C=O) groups excluding carboxylic acids is 3. The number of alkyl carbamates (subject to hydrolysis) is 1. The molecule has 13 heteroatoms. The van der Waals surface area contributed by atoms with Crippen LogP contribution in [0.15, 0.2) is 70.2 Å². The lowest BCUT2D eigenvalue weighted by atomic mass is 10.0. The summed E-state index contributed by atoms with van der Waals surface area (Å²) in [5.41, 5.74) is 0.203. The van der Waals surface area contributed by atoms with Crippen LogP contribution in [0, 0.1) is 5.92 Å². The highest BCUT2D eigenvalue weighted by Gasteiger charge is 2.61. The van der Waals surface area contributed by atoms with E-state index in [9.17, 15) is 29.1 Å². The average Bonchev–Trinajstić information content (AvgIpc) is 3.39. The first kappa shape index (κ1) is 35.1. The molecule has 1 saturated carbocycles. The molecule has 264 valence electrons. The minimum absolute atomic E-state index is 0.0197. The molecule has 2 aromatic heterocycles. The number of aromatic nitrogens is 2. The minimum Gasteiger partial charge on any atom is -0.479 e. The molecular formula is C37H43N5O7S. The Labute approximate surface area is 294 Å². The van der Waals surface area contributed by atoms with E-state index in [-0.39, 0.29) is 25.3 Å². The zero-order valence-corrected chi connectivity index (χ0v) is 29.3. The van der Waals surface area contributed by atoms with E-state index in [1.165, 1.54) is 27.0 Å². The van der Waals surface area contributed by atoms with Crippen LogP contribution in [0.5, 0.6) is 0 Å². The van der Waals surface area contributed by atoms with Crippen molar-refractivity contribution in [2.75, 3.05) is 6.54 Å². The molecule has 5 atom stereocenters. The fourth-order valence-electron chi connectivity index (χ4n) is 6.88. The van der Waals surface area contributed by atoms with E-state index < -0.39 is 58.7 Å². The Kier molecular flexibility index (Phi) is 9.97. The van der Waals surface area contributed by atoms with Gasteiger partial charge in [0.1, 0.15) is 23.2 Å². The number of hydrogen-bond donors (Lipinski definition) is 3. The number of nitrogens with one attached hydrogen (secondary N) is 2. The van der Waals surface area contributed by atoms with Crippen molar-refractivity contribution >= 4 is 35.2 Å². The van der Waals surface area contributed by atoms with Gasteiger partial charge in [0.05, 0.1) is 11.7 Å². The number of hydrogen-bond acceptors (Lipinski definition) is 8. The van der Waals surface area contributed by atoms with Gasteiger partial charge >= 0.3 is 12.1 Å². The van der Waals surface area contributed by atoms with Crippen LogP contribution in [-0.2, 0) is 19.1 Å². The van der Waals surface area contributed by atoms with Crippen LogP contribution in [0.2, 0.25) is 0 Å². The Morgan fingerprint density at radius 2 is 1.86 bits per heavy atom. The predicted molar refractivity (Wildman–Crippen MR) is 188 cm³/mol. The summed E-state index contributed by atoms with van der Waals surface area (Å²) in [6.45, 7) is 5.13. The maximum absolute atomic E-state index is 14.4. The van der Waals surface area contributed by atoms with Gasteiger partial charge in [-0.15, -0.1) is 0 Å². The highest BCUT2D eigenvalue weighted by atomic mass is 32.1. The highest BCUT2D eigenvalue weighted by Crippen LogP contribution is 2.45. The van der Waals surface area contributed by atoms with E-state index in [0.29, 0.717) is 24.1 Å². The molecule has 2 fully saturated rings. The molecule has 3 amide bonds. The summed E-state index contributed by atoms with van der Waals surface area (Å²) in [4.78, 5) is 69.1. The third-order valence-corrected chi connectivity index (χ3v) is 10.2. The summed E-state index contributed by atoms with van der Waals surface area (Å²) >= 11 is 1.50. The Morgan fingerprint density at radius 3 is 2.56 bits per heavy atom. The molecule has 0 radical (unpaired) electrons. The number of amides is 3. The van der Waals surface area contributed by atoms with Gasteiger partial charge in [-0.1, -0.05) is 55.3 Å². The number of carbonyl (C=O) groups is 4. The Hall–Kier alpha value is -4.78. The molecule has 3 aromatic rings. The summed E-state index contributed by atoms with van der Waals surface area (Å²) in [7, 11) is 0. The summed E-state index contributed by atoms with van der Waals surface area (Å²) in [5, 5.41) is 24.4. The van der Waals surface area contributed by atoms with E-state index in [0.717, 1.165) is 30.4 Å². The molecule has 0 spiro atoms. The molecule has 12 nitrogen and oxygen atoms in total. The SMILES string of the molecule is CC(C)(C)OC(=O)N[C@H]1CCCCC/C=C\C2C[C@@]2(C(=O)O)NC(=O)[C@@H]2C[C@@H](n3nc(-c4ccccc4)c(-c4ccsc4)cc3=O)CN2C1=O. The van der Waals surface area contributed by atoms with Gasteiger partial charge in [-0.3, -0.25) is 14.4 Å². The largest absolute Gasteiger partial charge is 0.479 e. The van der Waals surface area contributed by atoms with Crippen LogP contribution in [0.1, 0.15) is 71.8 Å². The lowest BCUT2D eigenvalue weighted by Gasteiger charge is -2.30. The maximum atomic E-state index is 14.4. The molecule has 2 aliphatic heterocycles. The van der Waals surface area contributed by atoms with Gasteiger partial charge in [0.15, 0.2) is 0 Å². The lowest BCUT2D eigenvalue weighted by Crippen LogP contribution is -2.56. The standard InChI is InChI=1S/C37H43N5O7S/c1-36(2,3)49-35(48)38-28-15-11-6-4-5-10-14-25-20-37(25,34(46)47)39-32(44)29-18-26(21-41(29)33(28)45)42-30(43)19-27(24-16-17-50-22-24)31(40-42)23-12-8-7-9-13-23/h7-10,12-14,16-17,19,22,25-26,28-29H,4-6,11,15,18,20-21H2,1-3H3,(H,38,48)(H,39,44)(H,46,47)/b14-10-/t25?,26-,28+,29+,37-/m1/s1. The summed E-state index contributed by atoms with van der Waals surface area (Å²) in [5.74, 6) is -2.65. The maximum Gasteiger partial charge on any atom is 0.408 e. The monoisotopic (exact) mass is 701 g/mol. The molecule has 1 unspecified atom stereocenters. The van der Waals surface area contributed by atoms with Gasteiger partial charge in [-0.05, 0) is 68.8 Å². The van der Waals surface area contributed by atoms with Gasteiger partial charge in [0.25, 0.3) is 5.56 Å². The van der Waals surface area contributed by atoms with Crippen LogP contribution in [-0.4, -0.2) is 73.4 Å². The number of fused-ring (bicyclic) bond motifs is 2. The molecular weight excluding hydrogens is 659 g/mol. The molecule has 1 saturated heterocycles. The first-order chi connectivity index (χ1) is 23.9. The van der Waals surface area contributed by atoms with Crippen LogP contribution in [0.4, 0.5) is 4.79 Å². The number of carboxylic acid groups (broad SMARTS) is 1. The molecule has 4 heterocycles. The topological polar surface area (TPSA) is 160 Å². The molecule has 1 aromatic carbocycles. The zero-order valence-electron chi connectivity index (χ0n) is 28.5. The quantitative estimate of drug-likeness (QED) is 0.308. The molecule has 50 heavy (non-hydrogen) atoms. The average molecular weight is 702 g/mol. The van der Waals surface area contributed by atoms with E-state index >= 15 is 0 Å². The number of rotatable bonds is 5. The summed E-state index contributed by atoms with van der Waals surface area (Å²) < 4.78 is 6.81. The van der Waals surface area contributed by atoms with Crippen molar-refractivity contribution in [2.24, 2.45) is 5.92 Å². The second-order valence-electron chi connectivity index (χ2n) is 14.3. The predicted octanol–water partition coefficient (Wildman–Crippen LogP) is 5.15. The summed E-state index contributed by atoms with van der Waals surface area (Å²) in [6, 6.07) is 10.1. The van der Waals surface area contributed by atoms with Crippen LogP contribution in [0.25, 0.3) is 22.4 Å². The third-order valence-electron chi connectivity index (χ3n) is 9.51. The lowest BCUT2D eigenvalue weighted by molar-refractivity contribution is -0.145. The molecule has 3 N–H and O–H groups in total. The number of carboxylic acids is 1. The number of thiophene rings is 1. The first-order valence-corrected chi connectivity index (χ1v) is 18.0. The number of ether oxygens (including phenoxy) is 1. The summed E-state index contributed by atoms with van der Waals surface area (Å²) in [6.07, 6.45) is 6.56. The van der Waals surface area contributed by atoms with Crippen molar-refractivity contribution in [2.45, 2.75) is 95.0 Å². The second kappa shape index (κ2) is 14.2. The zero-order chi connectivity index (χ0) is 35.6. The van der Waals surface area contributed by atoms with E-state index in [2.05, 4.69) is 10.6 Å². The third kappa shape index (κ3) is 7.52. The van der Waals surface area contributed by atoms with Crippen molar-refractivity contribution < 1.29 is 29.0 Å². The normalized spacial score (nSPS) is 26.4. The number of aliphatic carboxylic acids is 1. The van der Waals surface area contributed by atoms with E-state index in [1.54, 1.807) is 20.8 Å². The van der Waals surface area contributed by atoms with Crippen molar-refractivity contribution in [1.29, 1.82) is 0 Å². The van der Waals surface area contributed by atoms with Crippen molar-refractivity contribution in [3.63, 3.8) is 0 Å². The van der Waals surface area contributed by atoms with Gasteiger partial charge in [0.2, 0.25) is 11.8 Å². The Morgan fingerprint density at radius 1 is 1.08 bits per heavy atom. The van der Waals surface area contributed by atoms with Gasteiger partial charge < -0.3 is 25.4 Å². The fourth-order valence-corrected chi connectivity index (χ4v) is 7.54. The fraction of sp³-hybridized carbons (Fsp3) is 0.459. The first-order valence-electron chi connectivity index (χ1n) is 17.1. The van der Waals surface area contributed by atoms with Gasteiger partial charge in [-0.2, -0.15) is 16.4 Å². The Balaban J connectivity index is 1.38.